The minimum atomic E-state index is 0.553. The SMILES string of the molecule is CCCNc1cccc(-c2ccccc2)c1CN. The molecule has 0 bridgehead atoms. The topological polar surface area (TPSA) is 38.0 Å². The van der Waals surface area contributed by atoms with E-state index < -0.39 is 0 Å². The first-order chi connectivity index (χ1) is 8.86. The molecule has 2 heteroatoms. The van der Waals surface area contributed by atoms with E-state index in [4.69, 9.17) is 5.73 Å². The molecule has 2 aromatic rings. The molecule has 0 aliphatic rings. The van der Waals surface area contributed by atoms with Gasteiger partial charge in [0.25, 0.3) is 0 Å². The molecule has 0 amide bonds. The van der Waals surface area contributed by atoms with E-state index >= 15 is 0 Å². The lowest BCUT2D eigenvalue weighted by Crippen LogP contribution is -2.07. The molecule has 0 saturated heterocycles. The molecule has 18 heavy (non-hydrogen) atoms. The van der Waals surface area contributed by atoms with Gasteiger partial charge in [0.05, 0.1) is 0 Å². The monoisotopic (exact) mass is 240 g/mol. The van der Waals surface area contributed by atoms with Crippen LogP contribution in [0.3, 0.4) is 0 Å². The molecule has 0 atom stereocenters. The highest BCUT2D eigenvalue weighted by Crippen LogP contribution is 2.28. The lowest BCUT2D eigenvalue weighted by atomic mass is 9.98. The number of nitrogens with two attached hydrogens (primary N) is 1. The number of benzene rings is 2. The molecule has 0 unspecified atom stereocenters. The van der Waals surface area contributed by atoms with Gasteiger partial charge in [-0.1, -0.05) is 49.4 Å². The van der Waals surface area contributed by atoms with Crippen molar-refractivity contribution in [2.45, 2.75) is 19.9 Å². The predicted octanol–water partition coefficient (Wildman–Crippen LogP) is 3.63. The maximum Gasteiger partial charge on any atom is 0.0391 e. The van der Waals surface area contributed by atoms with E-state index in [0.29, 0.717) is 6.54 Å². The lowest BCUT2D eigenvalue weighted by molar-refractivity contribution is 0.969. The van der Waals surface area contributed by atoms with Crippen molar-refractivity contribution in [2.24, 2.45) is 5.73 Å². The number of hydrogen-bond acceptors (Lipinski definition) is 2. The zero-order valence-electron chi connectivity index (χ0n) is 10.8. The van der Waals surface area contributed by atoms with Crippen molar-refractivity contribution in [3.05, 3.63) is 54.1 Å². The fourth-order valence-electron chi connectivity index (χ4n) is 2.12. The smallest absolute Gasteiger partial charge is 0.0391 e. The molecule has 0 fully saturated rings. The van der Waals surface area contributed by atoms with Gasteiger partial charge in [0.1, 0.15) is 0 Å². The fourth-order valence-corrected chi connectivity index (χ4v) is 2.12. The summed E-state index contributed by atoms with van der Waals surface area (Å²) in [6, 6.07) is 16.7. The predicted molar refractivity (Wildman–Crippen MR) is 78.6 cm³/mol. The zero-order valence-corrected chi connectivity index (χ0v) is 10.8. The summed E-state index contributed by atoms with van der Waals surface area (Å²) in [6.45, 7) is 3.69. The maximum atomic E-state index is 5.92. The first kappa shape index (κ1) is 12.7. The molecular weight excluding hydrogens is 220 g/mol. The van der Waals surface area contributed by atoms with Crippen LogP contribution in [0.5, 0.6) is 0 Å². The average molecular weight is 240 g/mol. The van der Waals surface area contributed by atoms with Crippen LogP contribution in [-0.2, 0) is 6.54 Å². The van der Waals surface area contributed by atoms with Gasteiger partial charge >= 0.3 is 0 Å². The van der Waals surface area contributed by atoms with E-state index in [0.717, 1.165) is 18.7 Å². The summed E-state index contributed by atoms with van der Waals surface area (Å²) in [7, 11) is 0. The van der Waals surface area contributed by atoms with Crippen molar-refractivity contribution in [1.29, 1.82) is 0 Å². The van der Waals surface area contributed by atoms with E-state index in [1.54, 1.807) is 0 Å². The second-order valence-electron chi connectivity index (χ2n) is 4.33. The summed E-state index contributed by atoms with van der Waals surface area (Å²) < 4.78 is 0. The largest absolute Gasteiger partial charge is 0.385 e. The van der Waals surface area contributed by atoms with Crippen molar-refractivity contribution in [3.8, 4) is 11.1 Å². The van der Waals surface area contributed by atoms with Crippen LogP contribution in [-0.4, -0.2) is 6.54 Å². The van der Waals surface area contributed by atoms with Gasteiger partial charge in [-0.05, 0) is 29.2 Å². The zero-order chi connectivity index (χ0) is 12.8. The number of rotatable bonds is 5. The summed E-state index contributed by atoms with van der Waals surface area (Å²) in [5, 5.41) is 3.44. The van der Waals surface area contributed by atoms with E-state index in [1.165, 1.54) is 16.7 Å². The van der Waals surface area contributed by atoms with Crippen LogP contribution in [0.15, 0.2) is 48.5 Å². The summed E-state index contributed by atoms with van der Waals surface area (Å²) in [6.07, 6.45) is 1.11. The van der Waals surface area contributed by atoms with Crippen molar-refractivity contribution < 1.29 is 0 Å². The normalized spacial score (nSPS) is 10.3. The Balaban J connectivity index is 2.41. The van der Waals surface area contributed by atoms with Gasteiger partial charge in [0.2, 0.25) is 0 Å². The van der Waals surface area contributed by atoms with Crippen LogP contribution in [0.4, 0.5) is 5.69 Å². The molecule has 0 aliphatic carbocycles. The highest BCUT2D eigenvalue weighted by Gasteiger charge is 2.07. The average Bonchev–Trinajstić information content (AvgIpc) is 2.45. The van der Waals surface area contributed by atoms with Gasteiger partial charge < -0.3 is 11.1 Å². The first-order valence-corrected chi connectivity index (χ1v) is 6.48. The van der Waals surface area contributed by atoms with Crippen molar-refractivity contribution >= 4 is 5.69 Å². The summed E-state index contributed by atoms with van der Waals surface area (Å²) in [5.41, 5.74) is 10.7. The summed E-state index contributed by atoms with van der Waals surface area (Å²) in [5.74, 6) is 0. The molecule has 0 heterocycles. The molecule has 0 aromatic heterocycles. The second-order valence-corrected chi connectivity index (χ2v) is 4.33. The quantitative estimate of drug-likeness (QED) is 0.837. The summed E-state index contributed by atoms with van der Waals surface area (Å²) >= 11 is 0. The Labute approximate surface area is 109 Å². The van der Waals surface area contributed by atoms with Gasteiger partial charge in [-0.15, -0.1) is 0 Å². The van der Waals surface area contributed by atoms with E-state index in [-0.39, 0.29) is 0 Å². The molecule has 0 aliphatic heterocycles. The Morgan fingerprint density at radius 3 is 2.44 bits per heavy atom. The number of nitrogens with one attached hydrogen (secondary N) is 1. The Bertz CT molecular complexity index is 492. The van der Waals surface area contributed by atoms with E-state index in [9.17, 15) is 0 Å². The van der Waals surface area contributed by atoms with Crippen molar-refractivity contribution in [1.82, 2.24) is 0 Å². The van der Waals surface area contributed by atoms with E-state index in [2.05, 4.69) is 54.7 Å². The van der Waals surface area contributed by atoms with Crippen molar-refractivity contribution in [3.63, 3.8) is 0 Å². The molecule has 94 valence electrons. The van der Waals surface area contributed by atoms with Gasteiger partial charge in [0.15, 0.2) is 0 Å². The minimum absolute atomic E-state index is 0.553. The highest BCUT2D eigenvalue weighted by molar-refractivity contribution is 5.74. The summed E-state index contributed by atoms with van der Waals surface area (Å²) in [4.78, 5) is 0. The Morgan fingerprint density at radius 1 is 1.00 bits per heavy atom. The molecule has 3 N–H and O–H groups in total. The van der Waals surface area contributed by atoms with Crippen LogP contribution in [0, 0.1) is 0 Å². The number of hydrogen-bond donors (Lipinski definition) is 2. The Kier molecular flexibility index (Phi) is 4.37. The first-order valence-electron chi connectivity index (χ1n) is 6.48. The lowest BCUT2D eigenvalue weighted by Gasteiger charge is -2.15. The third kappa shape index (κ3) is 2.71. The standard InChI is InChI=1S/C16H20N2/c1-2-11-18-16-10-6-9-14(15(16)12-17)13-7-4-3-5-8-13/h3-10,18H,2,11-12,17H2,1H3. The number of anilines is 1. The molecule has 2 aromatic carbocycles. The molecule has 0 spiro atoms. The van der Waals surface area contributed by atoms with Gasteiger partial charge in [-0.3, -0.25) is 0 Å². The van der Waals surface area contributed by atoms with Gasteiger partial charge in [-0.25, -0.2) is 0 Å². The molecule has 0 saturated carbocycles. The van der Waals surface area contributed by atoms with Crippen LogP contribution in [0.25, 0.3) is 11.1 Å². The third-order valence-electron chi connectivity index (χ3n) is 3.03. The van der Waals surface area contributed by atoms with Crippen LogP contribution >= 0.6 is 0 Å². The minimum Gasteiger partial charge on any atom is -0.385 e. The van der Waals surface area contributed by atoms with Crippen LogP contribution in [0.1, 0.15) is 18.9 Å². The van der Waals surface area contributed by atoms with E-state index in [1.807, 2.05) is 6.07 Å². The molecule has 2 nitrogen and oxygen atoms in total. The third-order valence-corrected chi connectivity index (χ3v) is 3.03. The Morgan fingerprint density at radius 2 is 1.78 bits per heavy atom. The van der Waals surface area contributed by atoms with Crippen LogP contribution in [0.2, 0.25) is 0 Å². The molecule has 2 rings (SSSR count). The molecule has 0 radical (unpaired) electrons. The van der Waals surface area contributed by atoms with Gasteiger partial charge in [0, 0.05) is 18.8 Å². The highest BCUT2D eigenvalue weighted by atomic mass is 14.9. The maximum absolute atomic E-state index is 5.92. The van der Waals surface area contributed by atoms with Crippen LogP contribution < -0.4 is 11.1 Å². The Hall–Kier alpha value is -1.80. The second kappa shape index (κ2) is 6.22. The van der Waals surface area contributed by atoms with Crippen molar-refractivity contribution in [2.75, 3.05) is 11.9 Å². The molecular formula is C16H20N2. The van der Waals surface area contributed by atoms with Gasteiger partial charge in [-0.2, -0.15) is 0 Å². The fraction of sp³-hybridized carbons (Fsp3) is 0.250.